The molecule has 0 unspecified atom stereocenters. The van der Waals surface area contributed by atoms with Gasteiger partial charge in [0.25, 0.3) is 0 Å². The second-order valence-corrected chi connectivity index (χ2v) is 7.93. The topological polar surface area (TPSA) is 37.4 Å². The number of thiophene rings is 1. The maximum atomic E-state index is 12.9. The van der Waals surface area contributed by atoms with Gasteiger partial charge in [0, 0.05) is 13.1 Å². The summed E-state index contributed by atoms with van der Waals surface area (Å²) in [5, 5.41) is 3.98. The monoisotopic (exact) mass is 323 g/mol. The molecule has 21 heavy (non-hydrogen) atoms. The molecule has 0 aliphatic carbocycles. The van der Waals surface area contributed by atoms with E-state index >= 15 is 0 Å². The average molecular weight is 323 g/mol. The van der Waals surface area contributed by atoms with Crippen LogP contribution in [-0.4, -0.2) is 19.3 Å². The van der Waals surface area contributed by atoms with Gasteiger partial charge >= 0.3 is 0 Å². The Balaban J connectivity index is 2.37. The summed E-state index contributed by atoms with van der Waals surface area (Å²) >= 11 is 1.59. The van der Waals surface area contributed by atoms with Crippen molar-refractivity contribution < 1.29 is 8.42 Å². The summed E-state index contributed by atoms with van der Waals surface area (Å²) in [6, 6.07) is 7.47. The molecule has 114 valence electrons. The lowest BCUT2D eigenvalue weighted by molar-refractivity contribution is 0.406. The molecule has 2 rings (SSSR count). The molecule has 5 heteroatoms. The molecule has 1 aromatic heterocycles. The summed E-state index contributed by atoms with van der Waals surface area (Å²) in [4.78, 5) is 0.414. The van der Waals surface area contributed by atoms with Crippen LogP contribution in [-0.2, 0) is 16.6 Å². The fourth-order valence-electron chi connectivity index (χ4n) is 2.35. The zero-order chi connectivity index (χ0) is 15.5. The van der Waals surface area contributed by atoms with E-state index < -0.39 is 10.0 Å². The van der Waals surface area contributed by atoms with Gasteiger partial charge in [0.05, 0.1) is 4.90 Å². The van der Waals surface area contributed by atoms with Crippen molar-refractivity contribution in [2.75, 3.05) is 6.54 Å². The Kier molecular flexibility index (Phi) is 5.19. The Morgan fingerprint density at radius 2 is 1.95 bits per heavy atom. The third-order valence-corrected chi connectivity index (χ3v) is 6.10. The van der Waals surface area contributed by atoms with Gasteiger partial charge < -0.3 is 0 Å². The van der Waals surface area contributed by atoms with Crippen LogP contribution in [0.4, 0.5) is 0 Å². The van der Waals surface area contributed by atoms with Gasteiger partial charge in [-0.15, -0.1) is 0 Å². The molecule has 0 N–H and O–H groups in total. The zero-order valence-corrected chi connectivity index (χ0v) is 14.3. The third kappa shape index (κ3) is 3.73. The second-order valence-electron chi connectivity index (χ2n) is 5.24. The summed E-state index contributed by atoms with van der Waals surface area (Å²) in [5.74, 6) is 0. The highest BCUT2D eigenvalue weighted by atomic mass is 32.2. The van der Waals surface area contributed by atoms with Gasteiger partial charge in [-0.3, -0.25) is 0 Å². The summed E-state index contributed by atoms with van der Waals surface area (Å²) in [6.45, 7) is 6.80. The van der Waals surface area contributed by atoms with Crippen molar-refractivity contribution in [3.63, 3.8) is 0 Å². The maximum Gasteiger partial charge on any atom is 0.243 e. The SMILES string of the molecule is CCCN(Cc1ccsc1)S(=O)(=O)c1ccc(C)cc1C. The molecule has 3 nitrogen and oxygen atoms in total. The van der Waals surface area contributed by atoms with Crippen molar-refractivity contribution >= 4 is 21.4 Å². The van der Waals surface area contributed by atoms with Crippen molar-refractivity contribution in [2.24, 2.45) is 0 Å². The van der Waals surface area contributed by atoms with E-state index in [1.165, 1.54) is 0 Å². The Morgan fingerprint density at radius 3 is 2.52 bits per heavy atom. The van der Waals surface area contributed by atoms with Crippen LogP contribution in [0.5, 0.6) is 0 Å². The molecule has 0 spiro atoms. The highest BCUT2D eigenvalue weighted by Gasteiger charge is 2.25. The Hall–Kier alpha value is -1.17. The molecule has 0 atom stereocenters. The first-order valence-corrected chi connectivity index (χ1v) is 9.42. The van der Waals surface area contributed by atoms with Gasteiger partial charge in [0.2, 0.25) is 10.0 Å². The number of sulfonamides is 1. The summed E-state index contributed by atoms with van der Waals surface area (Å²) in [7, 11) is -3.45. The first-order chi connectivity index (χ1) is 9.95. The number of hydrogen-bond acceptors (Lipinski definition) is 3. The highest BCUT2D eigenvalue weighted by Crippen LogP contribution is 2.23. The van der Waals surface area contributed by atoms with E-state index in [-0.39, 0.29) is 0 Å². The standard InChI is InChI=1S/C16H21NO2S2/c1-4-8-17(11-15-7-9-20-12-15)21(18,19)16-6-5-13(2)10-14(16)3/h5-7,9-10,12H,4,8,11H2,1-3H3. The normalized spacial score (nSPS) is 12.0. The predicted molar refractivity (Wildman–Crippen MR) is 88.1 cm³/mol. The number of benzene rings is 1. The van der Waals surface area contributed by atoms with Crippen LogP contribution in [0.25, 0.3) is 0 Å². The van der Waals surface area contributed by atoms with E-state index in [1.807, 2.05) is 49.7 Å². The minimum absolute atomic E-state index is 0.414. The summed E-state index contributed by atoms with van der Waals surface area (Å²) in [6.07, 6.45) is 0.800. The average Bonchev–Trinajstić information content (AvgIpc) is 2.90. The third-order valence-electron chi connectivity index (χ3n) is 3.36. The smallest absolute Gasteiger partial charge is 0.207 e. The number of rotatable bonds is 6. The van der Waals surface area contributed by atoms with Crippen LogP contribution in [0, 0.1) is 13.8 Å². The zero-order valence-electron chi connectivity index (χ0n) is 12.7. The van der Waals surface area contributed by atoms with E-state index in [0.717, 1.165) is 23.1 Å². The first kappa shape index (κ1) is 16.2. The minimum atomic E-state index is -3.45. The Morgan fingerprint density at radius 1 is 1.19 bits per heavy atom. The second kappa shape index (κ2) is 6.73. The minimum Gasteiger partial charge on any atom is -0.207 e. The van der Waals surface area contributed by atoms with Gasteiger partial charge in [0.15, 0.2) is 0 Å². The molecule has 0 fully saturated rings. The predicted octanol–water partition coefficient (Wildman–Crippen LogP) is 3.97. The quantitative estimate of drug-likeness (QED) is 0.807. The molecular weight excluding hydrogens is 302 g/mol. The van der Waals surface area contributed by atoms with Crippen LogP contribution in [0.3, 0.4) is 0 Å². The number of nitrogens with zero attached hydrogens (tertiary/aromatic N) is 1. The van der Waals surface area contributed by atoms with Crippen molar-refractivity contribution in [2.45, 2.75) is 38.6 Å². The van der Waals surface area contributed by atoms with E-state index in [9.17, 15) is 8.42 Å². The van der Waals surface area contributed by atoms with Gasteiger partial charge in [-0.05, 0) is 54.3 Å². The number of hydrogen-bond donors (Lipinski definition) is 0. The largest absolute Gasteiger partial charge is 0.243 e. The van der Waals surface area contributed by atoms with Crippen LogP contribution in [0.2, 0.25) is 0 Å². The fourth-order valence-corrected chi connectivity index (χ4v) is 4.73. The lowest BCUT2D eigenvalue weighted by Gasteiger charge is -2.22. The van der Waals surface area contributed by atoms with Gasteiger partial charge in [0.1, 0.15) is 0 Å². The van der Waals surface area contributed by atoms with Crippen LogP contribution in [0.1, 0.15) is 30.0 Å². The molecule has 0 saturated heterocycles. The van der Waals surface area contributed by atoms with E-state index in [2.05, 4.69) is 0 Å². The van der Waals surface area contributed by atoms with E-state index in [1.54, 1.807) is 21.7 Å². The van der Waals surface area contributed by atoms with Crippen LogP contribution < -0.4 is 0 Å². The molecule has 0 saturated carbocycles. The van der Waals surface area contributed by atoms with Gasteiger partial charge in [-0.2, -0.15) is 15.6 Å². The molecule has 0 aliphatic heterocycles. The first-order valence-electron chi connectivity index (χ1n) is 7.03. The maximum absolute atomic E-state index is 12.9. The molecule has 0 aliphatic rings. The van der Waals surface area contributed by atoms with Gasteiger partial charge in [-0.1, -0.05) is 24.6 Å². The molecule has 0 radical (unpaired) electrons. The molecular formula is C16H21NO2S2. The summed E-state index contributed by atoms with van der Waals surface area (Å²) in [5.41, 5.74) is 2.93. The molecule has 0 amide bonds. The van der Waals surface area contributed by atoms with E-state index in [4.69, 9.17) is 0 Å². The highest BCUT2D eigenvalue weighted by molar-refractivity contribution is 7.89. The summed E-state index contributed by atoms with van der Waals surface area (Å²) < 4.78 is 27.4. The Labute approximate surface area is 131 Å². The van der Waals surface area contributed by atoms with Crippen molar-refractivity contribution in [1.82, 2.24) is 4.31 Å². The van der Waals surface area contributed by atoms with E-state index in [0.29, 0.717) is 18.0 Å². The lowest BCUT2D eigenvalue weighted by Crippen LogP contribution is -2.31. The molecule has 1 aromatic carbocycles. The van der Waals surface area contributed by atoms with Crippen molar-refractivity contribution in [1.29, 1.82) is 0 Å². The molecule has 1 heterocycles. The molecule has 2 aromatic rings. The van der Waals surface area contributed by atoms with Gasteiger partial charge in [-0.25, -0.2) is 8.42 Å². The van der Waals surface area contributed by atoms with Crippen LogP contribution >= 0.6 is 11.3 Å². The fraction of sp³-hybridized carbons (Fsp3) is 0.375. The Bertz CT molecular complexity index is 691. The van der Waals surface area contributed by atoms with Crippen LogP contribution in [0.15, 0.2) is 39.9 Å². The lowest BCUT2D eigenvalue weighted by atomic mass is 10.2. The van der Waals surface area contributed by atoms with Crippen molar-refractivity contribution in [3.05, 3.63) is 51.7 Å². The number of aryl methyl sites for hydroxylation is 2. The van der Waals surface area contributed by atoms with Crippen molar-refractivity contribution in [3.8, 4) is 0 Å². The molecule has 0 bridgehead atoms.